The average Bonchev–Trinajstić information content (AvgIpc) is 2.64. The van der Waals surface area contributed by atoms with Crippen molar-refractivity contribution in [3.8, 4) is 0 Å². The minimum Gasteiger partial charge on any atom is -0.480 e. The van der Waals surface area contributed by atoms with Crippen LogP contribution in [0.4, 0.5) is 9.59 Å². The van der Waals surface area contributed by atoms with Crippen LogP contribution in [-0.2, 0) is 16.1 Å². The predicted octanol–water partition coefficient (Wildman–Crippen LogP) is -0.357. The van der Waals surface area contributed by atoms with Gasteiger partial charge in [-0.2, -0.15) is 0 Å². The van der Waals surface area contributed by atoms with Crippen LogP contribution < -0.4 is 27.6 Å². The largest absolute Gasteiger partial charge is 0.480 e. The number of nitrogens with one attached hydrogen (secondary N) is 3. The number of carbonyl (C=O) groups excluding carboxylic acids is 2. The molecule has 0 fully saturated rings. The van der Waals surface area contributed by atoms with Gasteiger partial charge in [0, 0.05) is 24.8 Å². The van der Waals surface area contributed by atoms with E-state index in [-0.39, 0.29) is 19.6 Å². The highest BCUT2D eigenvalue weighted by atomic mass is 16.5. The Labute approximate surface area is 166 Å². The van der Waals surface area contributed by atoms with Gasteiger partial charge in [0.1, 0.15) is 6.04 Å². The topological polar surface area (TPSA) is 186 Å². The number of aromatic amines is 1. The number of aromatic nitrogens is 2. The number of ether oxygens (including phenoxy) is 1. The number of amides is 3. The van der Waals surface area contributed by atoms with Crippen molar-refractivity contribution in [1.82, 2.24) is 20.2 Å². The first kappa shape index (κ1) is 23.7. The van der Waals surface area contributed by atoms with Gasteiger partial charge in [-0.05, 0) is 39.0 Å². The second kappa shape index (κ2) is 12.2. The molecule has 12 nitrogen and oxygen atoms in total. The van der Waals surface area contributed by atoms with Gasteiger partial charge in [-0.3, -0.25) is 9.78 Å². The van der Waals surface area contributed by atoms with Crippen LogP contribution in [-0.4, -0.2) is 51.9 Å². The van der Waals surface area contributed by atoms with E-state index >= 15 is 0 Å². The molecule has 0 aromatic carbocycles. The number of carboxylic acid groups (broad SMARTS) is 1. The number of rotatable bonds is 12. The average molecular weight is 413 g/mol. The molecule has 162 valence electrons. The first-order chi connectivity index (χ1) is 13.7. The molecule has 0 bridgehead atoms. The van der Waals surface area contributed by atoms with Crippen molar-refractivity contribution in [3.05, 3.63) is 32.6 Å². The van der Waals surface area contributed by atoms with Crippen LogP contribution in [0, 0.1) is 6.92 Å². The number of hydrogen-bond acceptors (Lipinski definition) is 6. The summed E-state index contributed by atoms with van der Waals surface area (Å²) in [5.41, 5.74) is 4.47. The van der Waals surface area contributed by atoms with Crippen LogP contribution in [0.15, 0.2) is 15.8 Å². The smallest absolute Gasteiger partial charge is 0.407 e. The van der Waals surface area contributed by atoms with Crippen LogP contribution in [0.2, 0.25) is 0 Å². The summed E-state index contributed by atoms with van der Waals surface area (Å²) in [6.07, 6.45) is 2.93. The maximum atomic E-state index is 11.7. The number of alkyl carbamates (subject to hydrolysis) is 1. The van der Waals surface area contributed by atoms with E-state index in [1.165, 1.54) is 10.8 Å². The van der Waals surface area contributed by atoms with E-state index in [1.54, 1.807) is 6.92 Å². The Morgan fingerprint density at radius 1 is 1.24 bits per heavy atom. The predicted molar refractivity (Wildman–Crippen MR) is 103 cm³/mol. The summed E-state index contributed by atoms with van der Waals surface area (Å²) in [4.78, 5) is 58.6. The maximum Gasteiger partial charge on any atom is 0.407 e. The van der Waals surface area contributed by atoms with E-state index in [1.807, 2.05) is 0 Å². The summed E-state index contributed by atoms with van der Waals surface area (Å²) >= 11 is 0. The summed E-state index contributed by atoms with van der Waals surface area (Å²) < 4.78 is 6.37. The Morgan fingerprint density at radius 3 is 2.62 bits per heavy atom. The van der Waals surface area contributed by atoms with E-state index in [9.17, 15) is 24.0 Å². The third-order valence-corrected chi connectivity index (χ3v) is 4.02. The molecule has 0 radical (unpaired) electrons. The zero-order valence-electron chi connectivity index (χ0n) is 16.2. The number of unbranched alkanes of at least 4 members (excludes halogenated alkanes) is 2. The van der Waals surface area contributed by atoms with Crippen molar-refractivity contribution in [1.29, 1.82) is 0 Å². The normalized spacial score (nSPS) is 11.5. The summed E-state index contributed by atoms with van der Waals surface area (Å²) in [6.45, 7) is 2.33. The zero-order chi connectivity index (χ0) is 21.8. The Balaban J connectivity index is 2.24. The summed E-state index contributed by atoms with van der Waals surface area (Å²) in [5.74, 6) is -1.21. The molecule has 0 saturated carbocycles. The van der Waals surface area contributed by atoms with E-state index < -0.39 is 35.4 Å². The first-order valence-corrected chi connectivity index (χ1v) is 9.20. The van der Waals surface area contributed by atoms with Crippen molar-refractivity contribution >= 4 is 18.1 Å². The highest BCUT2D eigenvalue weighted by Crippen LogP contribution is 2.01. The molecule has 6 N–H and O–H groups in total. The quantitative estimate of drug-likeness (QED) is 0.289. The molecule has 0 saturated heterocycles. The molecule has 0 aliphatic rings. The molecule has 29 heavy (non-hydrogen) atoms. The molecule has 0 aliphatic carbocycles. The lowest BCUT2D eigenvalue weighted by Gasteiger charge is -2.14. The number of aliphatic carboxylic acids is 1. The van der Waals surface area contributed by atoms with Gasteiger partial charge in [0.15, 0.2) is 0 Å². The molecule has 1 atom stereocenters. The highest BCUT2D eigenvalue weighted by molar-refractivity contribution is 5.79. The number of carboxylic acids is 1. The minimum atomic E-state index is -1.21. The van der Waals surface area contributed by atoms with Gasteiger partial charge < -0.3 is 30.8 Å². The van der Waals surface area contributed by atoms with Gasteiger partial charge in [-0.25, -0.2) is 19.2 Å². The molecule has 1 heterocycles. The monoisotopic (exact) mass is 413 g/mol. The van der Waals surface area contributed by atoms with E-state index in [0.717, 1.165) is 0 Å². The second-order valence-electron chi connectivity index (χ2n) is 6.43. The maximum absolute atomic E-state index is 11.7. The van der Waals surface area contributed by atoms with Crippen LogP contribution in [0.25, 0.3) is 0 Å². The van der Waals surface area contributed by atoms with Crippen molar-refractivity contribution in [2.24, 2.45) is 5.73 Å². The molecule has 0 unspecified atom stereocenters. The van der Waals surface area contributed by atoms with E-state index in [0.29, 0.717) is 37.8 Å². The number of nitrogens with zero attached hydrogens (tertiary/aromatic N) is 1. The molecule has 3 amide bonds. The fraction of sp³-hybridized carbons (Fsp3) is 0.588. The molecule has 1 aromatic rings. The fourth-order valence-corrected chi connectivity index (χ4v) is 2.47. The number of carbonyl (C=O) groups is 3. The summed E-state index contributed by atoms with van der Waals surface area (Å²) in [7, 11) is 0. The summed E-state index contributed by atoms with van der Waals surface area (Å²) in [5, 5.41) is 13.7. The minimum absolute atomic E-state index is 0.0982. The number of hydrogen-bond donors (Lipinski definition) is 5. The van der Waals surface area contributed by atoms with Gasteiger partial charge in [-0.1, -0.05) is 0 Å². The van der Waals surface area contributed by atoms with Gasteiger partial charge in [0.05, 0.1) is 6.61 Å². The van der Waals surface area contributed by atoms with Gasteiger partial charge >= 0.3 is 23.8 Å². The van der Waals surface area contributed by atoms with Crippen molar-refractivity contribution < 1.29 is 24.2 Å². The van der Waals surface area contributed by atoms with Crippen LogP contribution in [0.5, 0.6) is 0 Å². The van der Waals surface area contributed by atoms with Crippen LogP contribution in [0.3, 0.4) is 0 Å². The zero-order valence-corrected chi connectivity index (χ0v) is 16.2. The molecular formula is C17H27N5O7. The Hall–Kier alpha value is -3.31. The number of H-pyrrole nitrogens is 1. The second-order valence-corrected chi connectivity index (χ2v) is 6.43. The van der Waals surface area contributed by atoms with Crippen molar-refractivity contribution in [2.75, 3.05) is 13.2 Å². The van der Waals surface area contributed by atoms with Gasteiger partial charge in [0.25, 0.3) is 5.56 Å². The number of nitrogens with two attached hydrogens (primary N) is 1. The Morgan fingerprint density at radius 2 is 1.97 bits per heavy atom. The van der Waals surface area contributed by atoms with Gasteiger partial charge in [0.2, 0.25) is 0 Å². The Bertz CT molecular complexity index is 817. The molecule has 0 spiro atoms. The Kier molecular flexibility index (Phi) is 9.99. The van der Waals surface area contributed by atoms with Crippen LogP contribution >= 0.6 is 0 Å². The fourth-order valence-electron chi connectivity index (χ4n) is 2.47. The summed E-state index contributed by atoms with van der Waals surface area (Å²) in [6, 6.07) is -1.84. The molecule has 1 rings (SSSR count). The first-order valence-electron chi connectivity index (χ1n) is 9.20. The number of primary amides is 1. The van der Waals surface area contributed by atoms with Crippen molar-refractivity contribution in [2.45, 2.75) is 51.6 Å². The van der Waals surface area contributed by atoms with Gasteiger partial charge in [-0.15, -0.1) is 0 Å². The lowest BCUT2D eigenvalue weighted by Crippen LogP contribution is -2.41. The molecule has 0 aliphatic heterocycles. The lowest BCUT2D eigenvalue weighted by atomic mass is 10.1. The van der Waals surface area contributed by atoms with E-state index in [4.69, 9.17) is 15.6 Å². The van der Waals surface area contributed by atoms with Crippen LogP contribution in [0.1, 0.15) is 37.7 Å². The molecular weight excluding hydrogens is 386 g/mol. The highest BCUT2D eigenvalue weighted by Gasteiger charge is 2.20. The van der Waals surface area contributed by atoms with E-state index in [2.05, 4.69) is 15.6 Å². The standard InChI is InChI=1S/C17H27N5O7/c1-11-10-22(16(27)21-13(11)23)8-3-2-4-9-29-17(28)20-12(14(24)25)6-5-7-19-15(18)26/h10,12H,2-9H2,1H3,(H,20,28)(H,24,25)(H3,18,19,26)(H,21,23,27)/t12-/m1/s1. The SMILES string of the molecule is Cc1cn(CCCCCOC(=O)N[C@H](CCCNC(N)=O)C(=O)O)c(=O)[nH]c1=O. The lowest BCUT2D eigenvalue weighted by molar-refractivity contribution is -0.139. The third-order valence-electron chi connectivity index (χ3n) is 4.02. The number of urea groups is 1. The molecule has 1 aromatic heterocycles. The third kappa shape index (κ3) is 9.44. The molecule has 12 heteroatoms. The van der Waals surface area contributed by atoms with Crippen molar-refractivity contribution in [3.63, 3.8) is 0 Å². The number of aryl methyl sites for hydroxylation is 2.